The summed E-state index contributed by atoms with van der Waals surface area (Å²) in [6, 6.07) is 0.0825. The van der Waals surface area contributed by atoms with Crippen molar-refractivity contribution in [2.24, 2.45) is 0 Å². The van der Waals surface area contributed by atoms with Gasteiger partial charge < -0.3 is 15.0 Å². The van der Waals surface area contributed by atoms with Gasteiger partial charge in [-0.1, -0.05) is 0 Å². The van der Waals surface area contributed by atoms with E-state index in [4.69, 9.17) is 4.74 Å². The van der Waals surface area contributed by atoms with Crippen molar-refractivity contribution in [3.05, 3.63) is 0 Å². The molecule has 0 bridgehead atoms. The maximum absolute atomic E-state index is 12.1. The van der Waals surface area contributed by atoms with E-state index in [1.165, 1.54) is 4.31 Å². The molecule has 0 aromatic heterocycles. The average molecular weight is 305 g/mol. The lowest BCUT2D eigenvalue weighted by Gasteiger charge is -2.35. The van der Waals surface area contributed by atoms with Gasteiger partial charge in [-0.25, -0.2) is 13.2 Å². The Morgan fingerprint density at radius 2 is 1.80 bits per heavy atom. The van der Waals surface area contributed by atoms with E-state index < -0.39 is 10.0 Å². The number of hydrogen-bond donors (Lipinski definition) is 1. The van der Waals surface area contributed by atoms with Gasteiger partial charge >= 0.3 is 6.03 Å². The zero-order valence-electron chi connectivity index (χ0n) is 11.9. The third kappa shape index (κ3) is 3.83. The smallest absolute Gasteiger partial charge is 0.317 e. The third-order valence-corrected chi connectivity index (χ3v) is 5.71. The van der Waals surface area contributed by atoms with E-state index in [1.54, 1.807) is 11.8 Å². The van der Waals surface area contributed by atoms with Gasteiger partial charge in [-0.2, -0.15) is 4.31 Å². The van der Waals surface area contributed by atoms with Gasteiger partial charge in [-0.15, -0.1) is 0 Å². The van der Waals surface area contributed by atoms with E-state index in [2.05, 4.69) is 5.32 Å². The van der Waals surface area contributed by atoms with Crippen molar-refractivity contribution >= 4 is 16.1 Å². The van der Waals surface area contributed by atoms with Crippen LogP contribution in [0, 0.1) is 0 Å². The van der Waals surface area contributed by atoms with Crippen LogP contribution in [0.2, 0.25) is 0 Å². The molecule has 2 aliphatic rings. The van der Waals surface area contributed by atoms with Crippen LogP contribution >= 0.6 is 0 Å². The SMILES string of the molecule is CCS(=O)(=O)N1CCN(C(=O)NC2CCOCC2)CC1. The van der Waals surface area contributed by atoms with Crippen molar-refractivity contribution in [2.75, 3.05) is 45.1 Å². The van der Waals surface area contributed by atoms with Crippen LogP contribution in [0.15, 0.2) is 0 Å². The Hall–Kier alpha value is -0.860. The summed E-state index contributed by atoms with van der Waals surface area (Å²) in [7, 11) is -3.14. The van der Waals surface area contributed by atoms with Crippen LogP contribution < -0.4 is 5.32 Å². The zero-order valence-corrected chi connectivity index (χ0v) is 12.7. The number of sulfonamides is 1. The zero-order chi connectivity index (χ0) is 14.6. The molecule has 20 heavy (non-hydrogen) atoms. The molecule has 0 atom stereocenters. The topological polar surface area (TPSA) is 79.0 Å². The molecule has 0 aliphatic carbocycles. The molecular weight excluding hydrogens is 282 g/mol. The highest BCUT2D eigenvalue weighted by atomic mass is 32.2. The summed E-state index contributed by atoms with van der Waals surface area (Å²) in [4.78, 5) is 13.8. The van der Waals surface area contributed by atoms with E-state index in [9.17, 15) is 13.2 Å². The molecular formula is C12H23N3O4S. The molecule has 8 heteroatoms. The number of urea groups is 1. The molecule has 116 valence electrons. The van der Waals surface area contributed by atoms with Gasteiger partial charge in [-0.3, -0.25) is 0 Å². The van der Waals surface area contributed by atoms with Crippen LogP contribution in [0.5, 0.6) is 0 Å². The average Bonchev–Trinajstić information content (AvgIpc) is 2.48. The van der Waals surface area contributed by atoms with Crippen LogP contribution in [0.25, 0.3) is 0 Å². The molecule has 0 unspecified atom stereocenters. The highest BCUT2D eigenvalue weighted by Crippen LogP contribution is 2.10. The Morgan fingerprint density at radius 3 is 2.35 bits per heavy atom. The second-order valence-corrected chi connectivity index (χ2v) is 7.38. The first kappa shape index (κ1) is 15.5. The number of carbonyl (C=O) groups excluding carboxylic acids is 1. The number of nitrogens with one attached hydrogen (secondary N) is 1. The lowest BCUT2D eigenvalue weighted by molar-refractivity contribution is 0.0772. The van der Waals surface area contributed by atoms with Crippen molar-refractivity contribution in [1.82, 2.24) is 14.5 Å². The lowest BCUT2D eigenvalue weighted by atomic mass is 10.1. The van der Waals surface area contributed by atoms with Crippen molar-refractivity contribution in [2.45, 2.75) is 25.8 Å². The highest BCUT2D eigenvalue weighted by molar-refractivity contribution is 7.89. The fourth-order valence-corrected chi connectivity index (χ4v) is 3.54. The molecule has 0 spiro atoms. The van der Waals surface area contributed by atoms with Crippen LogP contribution in [0.3, 0.4) is 0 Å². The number of amides is 2. The highest BCUT2D eigenvalue weighted by Gasteiger charge is 2.28. The second kappa shape index (κ2) is 6.73. The molecule has 0 radical (unpaired) electrons. The van der Waals surface area contributed by atoms with Crippen molar-refractivity contribution in [1.29, 1.82) is 0 Å². The summed E-state index contributed by atoms with van der Waals surface area (Å²) in [6.07, 6.45) is 1.69. The fraction of sp³-hybridized carbons (Fsp3) is 0.917. The Bertz CT molecular complexity index is 426. The molecule has 2 saturated heterocycles. The third-order valence-electron chi connectivity index (χ3n) is 3.83. The van der Waals surface area contributed by atoms with E-state index in [0.717, 1.165) is 12.8 Å². The van der Waals surface area contributed by atoms with Gasteiger partial charge in [0.1, 0.15) is 0 Å². The Morgan fingerprint density at radius 1 is 1.20 bits per heavy atom. The summed E-state index contributed by atoms with van der Waals surface area (Å²) < 4.78 is 30.2. The number of hydrogen-bond acceptors (Lipinski definition) is 4. The Kier molecular flexibility index (Phi) is 5.22. The number of ether oxygens (including phenoxy) is 1. The molecule has 2 fully saturated rings. The molecule has 2 heterocycles. The minimum Gasteiger partial charge on any atom is -0.381 e. The molecule has 0 aromatic rings. The van der Waals surface area contributed by atoms with E-state index in [0.29, 0.717) is 39.4 Å². The Labute approximate surface area is 120 Å². The van der Waals surface area contributed by atoms with Gasteiger partial charge in [-0.05, 0) is 19.8 Å². The summed E-state index contributed by atoms with van der Waals surface area (Å²) in [5, 5.41) is 3.00. The molecule has 0 aromatic carbocycles. The number of carbonyl (C=O) groups is 1. The van der Waals surface area contributed by atoms with E-state index in [-0.39, 0.29) is 17.8 Å². The molecule has 2 rings (SSSR count). The standard InChI is InChI=1S/C12H23N3O4S/c1-2-20(17,18)15-7-5-14(6-8-15)12(16)13-11-3-9-19-10-4-11/h11H,2-10H2,1H3,(H,13,16). The second-order valence-electron chi connectivity index (χ2n) is 5.12. The molecule has 2 amide bonds. The van der Waals surface area contributed by atoms with Crippen molar-refractivity contribution in [3.8, 4) is 0 Å². The number of rotatable bonds is 3. The normalized spacial score (nSPS) is 22.8. The maximum atomic E-state index is 12.1. The fourth-order valence-electron chi connectivity index (χ4n) is 2.46. The van der Waals surface area contributed by atoms with Gasteiger partial charge in [0.2, 0.25) is 10.0 Å². The first-order chi connectivity index (χ1) is 9.53. The maximum Gasteiger partial charge on any atom is 0.317 e. The van der Waals surface area contributed by atoms with Crippen LogP contribution in [0.1, 0.15) is 19.8 Å². The largest absolute Gasteiger partial charge is 0.381 e. The summed E-state index contributed by atoms with van der Waals surface area (Å²) in [5.41, 5.74) is 0. The quantitative estimate of drug-likeness (QED) is 0.786. The number of piperazine rings is 1. The van der Waals surface area contributed by atoms with Gasteiger partial charge in [0.15, 0.2) is 0 Å². The van der Waals surface area contributed by atoms with Crippen molar-refractivity contribution < 1.29 is 17.9 Å². The first-order valence-electron chi connectivity index (χ1n) is 7.14. The first-order valence-corrected chi connectivity index (χ1v) is 8.75. The monoisotopic (exact) mass is 305 g/mol. The lowest BCUT2D eigenvalue weighted by Crippen LogP contribution is -2.55. The Balaban J connectivity index is 1.79. The van der Waals surface area contributed by atoms with Gasteiger partial charge in [0.25, 0.3) is 0 Å². The van der Waals surface area contributed by atoms with E-state index in [1.807, 2.05) is 0 Å². The summed E-state index contributed by atoms with van der Waals surface area (Å²) in [6.45, 7) is 4.69. The van der Waals surface area contributed by atoms with Gasteiger partial charge in [0.05, 0.1) is 5.75 Å². The van der Waals surface area contributed by atoms with Gasteiger partial charge in [0, 0.05) is 45.4 Å². The molecule has 1 N–H and O–H groups in total. The molecule has 0 saturated carbocycles. The predicted molar refractivity (Wildman–Crippen MR) is 75.0 cm³/mol. The van der Waals surface area contributed by atoms with Crippen LogP contribution in [0.4, 0.5) is 4.79 Å². The van der Waals surface area contributed by atoms with Crippen molar-refractivity contribution in [3.63, 3.8) is 0 Å². The molecule has 7 nitrogen and oxygen atoms in total. The molecule has 2 aliphatic heterocycles. The van der Waals surface area contributed by atoms with E-state index >= 15 is 0 Å². The van der Waals surface area contributed by atoms with Crippen LogP contribution in [-0.2, 0) is 14.8 Å². The minimum absolute atomic E-state index is 0.0922. The summed E-state index contributed by atoms with van der Waals surface area (Å²) in [5.74, 6) is 0.112. The predicted octanol–water partition coefficient (Wildman–Crippen LogP) is -0.158. The summed E-state index contributed by atoms with van der Waals surface area (Å²) >= 11 is 0. The minimum atomic E-state index is -3.14. The number of nitrogens with zero attached hydrogens (tertiary/aromatic N) is 2. The van der Waals surface area contributed by atoms with Crippen LogP contribution in [-0.4, -0.2) is 74.8 Å².